The molecule has 0 aliphatic carbocycles. The molecular weight excluding hydrogens is 250 g/mol. The second-order valence-corrected chi connectivity index (χ2v) is 4.71. The van der Waals surface area contributed by atoms with E-state index in [4.69, 9.17) is 0 Å². The molecule has 0 spiro atoms. The van der Waals surface area contributed by atoms with Crippen LogP contribution in [0.1, 0.15) is 27.9 Å². The molecule has 0 saturated heterocycles. The summed E-state index contributed by atoms with van der Waals surface area (Å²) in [5.41, 5.74) is 3.71. The monoisotopic (exact) mass is 267 g/mol. The second kappa shape index (κ2) is 6.66. The van der Waals surface area contributed by atoms with E-state index in [-0.39, 0.29) is 5.91 Å². The van der Waals surface area contributed by atoms with Crippen LogP contribution in [0.5, 0.6) is 0 Å². The van der Waals surface area contributed by atoms with Crippen molar-refractivity contribution in [3.05, 3.63) is 65.2 Å². The number of rotatable bonds is 5. The van der Waals surface area contributed by atoms with Gasteiger partial charge in [-0.2, -0.15) is 0 Å². The molecule has 2 aromatic rings. The maximum absolute atomic E-state index is 11.9. The lowest BCUT2D eigenvalue weighted by molar-refractivity contribution is -0.116. The minimum atomic E-state index is -0.0212. The maximum Gasteiger partial charge on any atom is 0.224 e. The topological polar surface area (TPSA) is 46.2 Å². The summed E-state index contributed by atoms with van der Waals surface area (Å²) in [4.78, 5) is 22.4. The van der Waals surface area contributed by atoms with E-state index in [0.29, 0.717) is 17.7 Å². The number of anilines is 1. The normalized spacial score (nSPS) is 10.1. The Morgan fingerprint density at radius 3 is 2.45 bits per heavy atom. The maximum atomic E-state index is 11.9. The predicted molar refractivity (Wildman–Crippen MR) is 80.0 cm³/mol. The van der Waals surface area contributed by atoms with Gasteiger partial charge in [-0.1, -0.05) is 24.3 Å². The van der Waals surface area contributed by atoms with Crippen molar-refractivity contribution < 1.29 is 9.59 Å². The van der Waals surface area contributed by atoms with Crippen LogP contribution in [0.15, 0.2) is 48.5 Å². The van der Waals surface area contributed by atoms with Crippen molar-refractivity contribution in [3.63, 3.8) is 0 Å². The number of hydrogen-bond acceptors (Lipinski definition) is 2. The number of aldehydes is 1. The van der Waals surface area contributed by atoms with Crippen LogP contribution in [0.25, 0.3) is 0 Å². The summed E-state index contributed by atoms with van der Waals surface area (Å²) < 4.78 is 0. The number of hydrogen-bond donors (Lipinski definition) is 1. The van der Waals surface area contributed by atoms with E-state index in [1.54, 1.807) is 24.3 Å². The van der Waals surface area contributed by atoms with Gasteiger partial charge >= 0.3 is 0 Å². The van der Waals surface area contributed by atoms with Gasteiger partial charge in [0.1, 0.15) is 6.29 Å². The zero-order chi connectivity index (χ0) is 14.4. The molecule has 0 fully saturated rings. The summed E-state index contributed by atoms with van der Waals surface area (Å²) >= 11 is 0. The number of benzene rings is 2. The Labute approximate surface area is 118 Å². The summed E-state index contributed by atoms with van der Waals surface area (Å²) in [6.07, 6.45) is 1.95. The van der Waals surface area contributed by atoms with Gasteiger partial charge in [0.25, 0.3) is 0 Å². The third-order valence-corrected chi connectivity index (χ3v) is 3.21. The Kier molecular flexibility index (Phi) is 4.66. The highest BCUT2D eigenvalue weighted by atomic mass is 16.1. The fourth-order valence-electron chi connectivity index (χ4n) is 2.01. The van der Waals surface area contributed by atoms with Crippen molar-refractivity contribution in [2.45, 2.75) is 19.8 Å². The molecular formula is C17H17NO2. The van der Waals surface area contributed by atoms with Crippen LogP contribution < -0.4 is 5.32 Å². The summed E-state index contributed by atoms with van der Waals surface area (Å²) in [6.45, 7) is 2.05. The molecule has 0 atom stereocenters. The van der Waals surface area contributed by atoms with Crippen LogP contribution in [-0.2, 0) is 11.2 Å². The lowest BCUT2D eigenvalue weighted by Crippen LogP contribution is -2.12. The fraction of sp³-hybridized carbons (Fsp3) is 0.176. The molecule has 102 valence electrons. The van der Waals surface area contributed by atoms with Crippen molar-refractivity contribution in [2.24, 2.45) is 0 Å². The highest BCUT2D eigenvalue weighted by molar-refractivity contribution is 5.91. The minimum absolute atomic E-state index is 0.0212. The Morgan fingerprint density at radius 2 is 1.80 bits per heavy atom. The molecule has 0 aromatic heterocycles. The largest absolute Gasteiger partial charge is 0.326 e. The molecule has 0 saturated carbocycles. The number of nitrogens with one attached hydrogen (secondary N) is 1. The highest BCUT2D eigenvalue weighted by Crippen LogP contribution is 2.12. The Balaban J connectivity index is 1.89. The van der Waals surface area contributed by atoms with Gasteiger partial charge in [0.2, 0.25) is 5.91 Å². The Morgan fingerprint density at radius 1 is 1.10 bits per heavy atom. The van der Waals surface area contributed by atoms with Crippen molar-refractivity contribution in [1.29, 1.82) is 0 Å². The standard InChI is InChI=1S/C17H17NO2/c1-13-4-2-3-5-15(13)8-11-17(20)18-16-9-6-14(12-19)7-10-16/h2-7,9-10,12H,8,11H2,1H3,(H,18,20). The van der Waals surface area contributed by atoms with E-state index in [0.717, 1.165) is 12.7 Å². The van der Waals surface area contributed by atoms with E-state index in [1.165, 1.54) is 11.1 Å². The summed E-state index contributed by atoms with van der Waals surface area (Å²) in [6, 6.07) is 14.9. The van der Waals surface area contributed by atoms with Gasteiger partial charge in [-0.15, -0.1) is 0 Å². The summed E-state index contributed by atoms with van der Waals surface area (Å²) in [7, 11) is 0. The molecule has 2 aromatic carbocycles. The zero-order valence-corrected chi connectivity index (χ0v) is 11.4. The number of carbonyl (C=O) groups is 2. The molecule has 1 amide bonds. The van der Waals surface area contributed by atoms with E-state index in [2.05, 4.69) is 5.32 Å². The predicted octanol–water partition coefficient (Wildman–Crippen LogP) is 3.38. The van der Waals surface area contributed by atoms with Crippen LogP contribution in [0.4, 0.5) is 5.69 Å². The van der Waals surface area contributed by atoms with E-state index >= 15 is 0 Å². The van der Waals surface area contributed by atoms with Gasteiger partial charge in [0.05, 0.1) is 0 Å². The van der Waals surface area contributed by atoms with Gasteiger partial charge in [-0.25, -0.2) is 0 Å². The molecule has 2 rings (SSSR count). The third kappa shape index (κ3) is 3.79. The van der Waals surface area contributed by atoms with Crippen LogP contribution in [0, 0.1) is 6.92 Å². The van der Waals surface area contributed by atoms with Crippen LogP contribution >= 0.6 is 0 Å². The molecule has 20 heavy (non-hydrogen) atoms. The molecule has 3 nitrogen and oxygen atoms in total. The van der Waals surface area contributed by atoms with E-state index in [1.807, 2.05) is 31.2 Å². The zero-order valence-electron chi connectivity index (χ0n) is 11.4. The lowest BCUT2D eigenvalue weighted by Gasteiger charge is -2.07. The van der Waals surface area contributed by atoms with Crippen molar-refractivity contribution in [1.82, 2.24) is 0 Å². The van der Waals surface area contributed by atoms with Crippen molar-refractivity contribution in [2.75, 3.05) is 5.32 Å². The summed E-state index contributed by atoms with van der Waals surface area (Å²) in [5, 5.41) is 2.83. The second-order valence-electron chi connectivity index (χ2n) is 4.71. The highest BCUT2D eigenvalue weighted by Gasteiger charge is 2.04. The third-order valence-electron chi connectivity index (χ3n) is 3.21. The first-order valence-corrected chi connectivity index (χ1v) is 6.58. The molecule has 0 aliphatic heterocycles. The molecule has 3 heteroatoms. The molecule has 0 bridgehead atoms. The molecule has 0 unspecified atom stereocenters. The van der Waals surface area contributed by atoms with E-state index in [9.17, 15) is 9.59 Å². The van der Waals surface area contributed by atoms with Crippen molar-refractivity contribution in [3.8, 4) is 0 Å². The van der Waals surface area contributed by atoms with Gasteiger partial charge in [-0.05, 0) is 48.7 Å². The number of aryl methyl sites for hydroxylation is 2. The fourth-order valence-corrected chi connectivity index (χ4v) is 2.01. The summed E-state index contributed by atoms with van der Waals surface area (Å²) in [5.74, 6) is -0.0212. The number of amides is 1. The average molecular weight is 267 g/mol. The SMILES string of the molecule is Cc1ccccc1CCC(=O)Nc1ccc(C=O)cc1. The lowest BCUT2D eigenvalue weighted by atomic mass is 10.0. The Bertz CT molecular complexity index is 603. The first-order valence-electron chi connectivity index (χ1n) is 6.58. The Hall–Kier alpha value is -2.42. The van der Waals surface area contributed by atoms with Gasteiger partial charge in [-0.3, -0.25) is 9.59 Å². The van der Waals surface area contributed by atoms with Crippen LogP contribution in [-0.4, -0.2) is 12.2 Å². The molecule has 0 radical (unpaired) electrons. The van der Waals surface area contributed by atoms with Gasteiger partial charge in [0, 0.05) is 17.7 Å². The minimum Gasteiger partial charge on any atom is -0.326 e. The smallest absolute Gasteiger partial charge is 0.224 e. The number of carbonyl (C=O) groups excluding carboxylic acids is 2. The molecule has 0 heterocycles. The van der Waals surface area contributed by atoms with E-state index < -0.39 is 0 Å². The first kappa shape index (κ1) is 14.0. The first-order chi connectivity index (χ1) is 9.69. The average Bonchev–Trinajstić information content (AvgIpc) is 2.47. The quantitative estimate of drug-likeness (QED) is 0.844. The van der Waals surface area contributed by atoms with Crippen LogP contribution in [0.2, 0.25) is 0 Å². The van der Waals surface area contributed by atoms with Gasteiger partial charge < -0.3 is 5.32 Å². The molecule has 0 aliphatic rings. The van der Waals surface area contributed by atoms with Gasteiger partial charge in [0.15, 0.2) is 0 Å². The van der Waals surface area contributed by atoms with Crippen molar-refractivity contribution >= 4 is 17.9 Å². The van der Waals surface area contributed by atoms with Crippen LogP contribution in [0.3, 0.4) is 0 Å². The molecule has 1 N–H and O–H groups in total.